The van der Waals surface area contributed by atoms with Crippen molar-refractivity contribution in [1.82, 2.24) is 9.88 Å². The van der Waals surface area contributed by atoms with Crippen molar-refractivity contribution in [1.29, 1.82) is 0 Å². The van der Waals surface area contributed by atoms with Gasteiger partial charge >= 0.3 is 5.97 Å². The molecule has 0 aliphatic carbocycles. The number of rotatable bonds is 6. The number of hydrogen-bond acceptors (Lipinski definition) is 4. The molecule has 3 aromatic rings. The first kappa shape index (κ1) is 24.8. The number of carbonyl (C=O) groups excluding carboxylic acids is 2. The standard InChI is InChI=1S/C24H23F3N2O5/c1-5-24(4,23(33)34)28-21(31)11(2)18-12(3)29(16-8-9-17(30)20(27)19(16)18)22(32)13-6-7-14(25)15(26)10-13/h6-11,30H,5H2,1-4H3,(H,28,31)(H,33,34). The number of hydrogen-bond donors (Lipinski definition) is 3. The van der Waals surface area contributed by atoms with Crippen LogP contribution in [-0.4, -0.2) is 38.1 Å². The molecule has 1 amide bonds. The highest BCUT2D eigenvalue weighted by atomic mass is 19.2. The fourth-order valence-corrected chi connectivity index (χ4v) is 3.83. The molecule has 180 valence electrons. The zero-order valence-electron chi connectivity index (χ0n) is 18.9. The van der Waals surface area contributed by atoms with Crippen molar-refractivity contribution in [2.45, 2.75) is 45.6 Å². The number of carbonyl (C=O) groups is 3. The first-order chi connectivity index (χ1) is 15.8. The second kappa shape index (κ2) is 8.85. The van der Waals surface area contributed by atoms with Gasteiger partial charge in [0.25, 0.3) is 5.91 Å². The molecule has 0 aliphatic rings. The minimum atomic E-state index is -1.58. The highest BCUT2D eigenvalue weighted by Crippen LogP contribution is 2.37. The van der Waals surface area contributed by atoms with Gasteiger partial charge in [-0.3, -0.25) is 14.2 Å². The number of amides is 1. The van der Waals surface area contributed by atoms with Crippen LogP contribution in [0.2, 0.25) is 0 Å². The Morgan fingerprint density at radius 2 is 1.76 bits per heavy atom. The lowest BCUT2D eigenvalue weighted by atomic mass is 9.93. The number of phenols is 1. The van der Waals surface area contributed by atoms with Crippen molar-refractivity contribution in [3.05, 3.63) is 64.6 Å². The molecule has 3 rings (SSSR count). The SMILES string of the molecule is CCC(C)(NC(=O)C(C)c1c(C)n(C(=O)c2ccc(F)c(F)c2)c2ccc(O)c(F)c12)C(=O)O. The van der Waals surface area contributed by atoms with Crippen LogP contribution in [-0.2, 0) is 9.59 Å². The quantitative estimate of drug-likeness (QED) is 0.493. The zero-order valence-corrected chi connectivity index (χ0v) is 18.9. The molecule has 0 spiro atoms. The number of carboxylic acids is 1. The van der Waals surface area contributed by atoms with Crippen LogP contribution in [0.1, 0.15) is 54.7 Å². The van der Waals surface area contributed by atoms with E-state index in [2.05, 4.69) is 5.32 Å². The van der Waals surface area contributed by atoms with E-state index >= 15 is 4.39 Å². The van der Waals surface area contributed by atoms with Crippen LogP contribution in [0.5, 0.6) is 5.75 Å². The molecule has 0 aliphatic heterocycles. The first-order valence-electron chi connectivity index (χ1n) is 10.4. The smallest absolute Gasteiger partial charge is 0.329 e. The average Bonchev–Trinajstić information content (AvgIpc) is 3.09. The molecule has 0 fully saturated rings. The zero-order chi connectivity index (χ0) is 25.5. The number of aromatic nitrogens is 1. The van der Waals surface area contributed by atoms with Gasteiger partial charge in [-0.25, -0.2) is 18.0 Å². The van der Waals surface area contributed by atoms with E-state index in [1.807, 2.05) is 0 Å². The van der Waals surface area contributed by atoms with Crippen molar-refractivity contribution >= 4 is 28.7 Å². The molecule has 0 saturated carbocycles. The number of aromatic hydroxyl groups is 1. The summed E-state index contributed by atoms with van der Waals surface area (Å²) in [5.41, 5.74) is -1.65. The normalized spacial score (nSPS) is 14.0. The summed E-state index contributed by atoms with van der Waals surface area (Å²) in [5, 5.41) is 21.6. The minimum Gasteiger partial charge on any atom is -0.505 e. The van der Waals surface area contributed by atoms with Crippen LogP contribution < -0.4 is 5.32 Å². The van der Waals surface area contributed by atoms with Crippen LogP contribution in [0, 0.1) is 24.4 Å². The van der Waals surface area contributed by atoms with Crippen molar-refractivity contribution in [2.24, 2.45) is 0 Å². The van der Waals surface area contributed by atoms with Gasteiger partial charge in [-0.2, -0.15) is 0 Å². The van der Waals surface area contributed by atoms with Gasteiger partial charge in [0.1, 0.15) is 5.54 Å². The van der Waals surface area contributed by atoms with E-state index in [0.717, 1.165) is 22.8 Å². The van der Waals surface area contributed by atoms with Crippen molar-refractivity contribution in [2.75, 3.05) is 0 Å². The molecule has 10 heteroatoms. The third-order valence-corrected chi connectivity index (χ3v) is 6.11. The highest BCUT2D eigenvalue weighted by Gasteiger charge is 2.36. The topological polar surface area (TPSA) is 109 Å². The lowest BCUT2D eigenvalue weighted by molar-refractivity contribution is -0.147. The van der Waals surface area contributed by atoms with Gasteiger partial charge in [-0.15, -0.1) is 0 Å². The number of nitrogens with zero attached hydrogens (tertiary/aromatic N) is 1. The summed E-state index contributed by atoms with van der Waals surface area (Å²) in [7, 11) is 0. The summed E-state index contributed by atoms with van der Waals surface area (Å²) in [6.07, 6.45) is 0.0747. The Labute approximate surface area is 192 Å². The summed E-state index contributed by atoms with van der Waals surface area (Å²) < 4.78 is 43.2. The van der Waals surface area contributed by atoms with Gasteiger partial charge in [-0.05, 0) is 63.1 Å². The fourth-order valence-electron chi connectivity index (χ4n) is 3.83. The molecule has 34 heavy (non-hydrogen) atoms. The molecule has 0 saturated heterocycles. The lowest BCUT2D eigenvalue weighted by Crippen LogP contribution is -2.52. The monoisotopic (exact) mass is 476 g/mol. The van der Waals surface area contributed by atoms with E-state index in [1.54, 1.807) is 6.92 Å². The van der Waals surface area contributed by atoms with Crippen LogP contribution in [0.25, 0.3) is 10.9 Å². The third kappa shape index (κ3) is 4.00. The Balaban J connectivity index is 2.21. The molecule has 2 atom stereocenters. The van der Waals surface area contributed by atoms with E-state index in [0.29, 0.717) is 6.07 Å². The average molecular weight is 476 g/mol. The second-order valence-electron chi connectivity index (χ2n) is 8.26. The van der Waals surface area contributed by atoms with E-state index in [4.69, 9.17) is 0 Å². The fraction of sp³-hybridized carbons (Fsp3) is 0.292. The summed E-state index contributed by atoms with van der Waals surface area (Å²) in [6.45, 7) is 5.75. The maximum Gasteiger partial charge on any atom is 0.329 e. The van der Waals surface area contributed by atoms with Crippen LogP contribution >= 0.6 is 0 Å². The van der Waals surface area contributed by atoms with Crippen LogP contribution in [0.4, 0.5) is 13.2 Å². The van der Waals surface area contributed by atoms with Crippen molar-refractivity contribution in [3.8, 4) is 5.75 Å². The lowest BCUT2D eigenvalue weighted by Gasteiger charge is -2.26. The van der Waals surface area contributed by atoms with Crippen molar-refractivity contribution < 1.29 is 37.8 Å². The molecule has 0 bridgehead atoms. The van der Waals surface area contributed by atoms with Gasteiger partial charge in [0, 0.05) is 16.6 Å². The molecule has 2 unspecified atom stereocenters. The minimum absolute atomic E-state index is 0.00586. The van der Waals surface area contributed by atoms with Gasteiger partial charge in [0.2, 0.25) is 5.91 Å². The molecular weight excluding hydrogens is 453 g/mol. The molecule has 0 radical (unpaired) electrons. The maximum absolute atomic E-state index is 15.1. The predicted octanol–water partition coefficient (Wildman–Crippen LogP) is 4.23. The summed E-state index contributed by atoms with van der Waals surface area (Å²) >= 11 is 0. The highest BCUT2D eigenvalue weighted by molar-refractivity contribution is 6.06. The van der Waals surface area contributed by atoms with Crippen molar-refractivity contribution in [3.63, 3.8) is 0 Å². The Kier molecular flexibility index (Phi) is 6.46. The van der Waals surface area contributed by atoms with Gasteiger partial charge in [-0.1, -0.05) is 6.92 Å². The van der Waals surface area contributed by atoms with E-state index < -0.39 is 52.4 Å². The van der Waals surface area contributed by atoms with Gasteiger partial charge in [0.05, 0.1) is 11.4 Å². The molecular formula is C24H23F3N2O5. The van der Waals surface area contributed by atoms with Crippen LogP contribution in [0.3, 0.4) is 0 Å². The number of aliphatic carboxylic acids is 1. The summed E-state index contributed by atoms with van der Waals surface area (Å²) in [5.74, 6) is -8.14. The number of nitrogens with one attached hydrogen (secondary N) is 1. The Bertz CT molecular complexity index is 1330. The van der Waals surface area contributed by atoms with Crippen LogP contribution in [0.15, 0.2) is 30.3 Å². The number of halogens is 3. The summed E-state index contributed by atoms with van der Waals surface area (Å²) in [4.78, 5) is 37.8. The summed E-state index contributed by atoms with van der Waals surface area (Å²) in [6, 6.07) is 4.84. The van der Waals surface area contributed by atoms with E-state index in [-0.39, 0.29) is 34.1 Å². The second-order valence-corrected chi connectivity index (χ2v) is 8.26. The van der Waals surface area contributed by atoms with E-state index in [9.17, 15) is 33.4 Å². The molecule has 1 aromatic heterocycles. The molecule has 2 aromatic carbocycles. The number of fused-ring (bicyclic) bond motifs is 1. The molecule has 1 heterocycles. The van der Waals surface area contributed by atoms with Gasteiger partial charge in [0.15, 0.2) is 23.2 Å². The molecule has 7 nitrogen and oxygen atoms in total. The third-order valence-electron chi connectivity index (χ3n) is 6.11. The van der Waals surface area contributed by atoms with Gasteiger partial charge < -0.3 is 15.5 Å². The number of carboxylic acid groups (broad SMARTS) is 1. The Morgan fingerprint density at radius 3 is 2.32 bits per heavy atom. The Hall–Kier alpha value is -3.82. The number of benzene rings is 2. The number of phenolic OH excluding ortho intramolecular Hbond substituents is 1. The predicted molar refractivity (Wildman–Crippen MR) is 117 cm³/mol. The first-order valence-corrected chi connectivity index (χ1v) is 10.4. The maximum atomic E-state index is 15.1. The largest absolute Gasteiger partial charge is 0.505 e. The van der Waals surface area contributed by atoms with E-state index in [1.165, 1.54) is 26.8 Å². The molecule has 3 N–H and O–H groups in total. The Morgan fingerprint density at radius 1 is 1.12 bits per heavy atom.